The maximum atomic E-state index is 5.47. The third kappa shape index (κ3) is 2.67. The van der Waals surface area contributed by atoms with Crippen LogP contribution in [0.25, 0.3) is 11.5 Å². The molecule has 1 unspecified atom stereocenters. The van der Waals surface area contributed by atoms with Gasteiger partial charge < -0.3 is 9.15 Å². The highest BCUT2D eigenvalue weighted by molar-refractivity contribution is 5.53. The van der Waals surface area contributed by atoms with Crippen molar-refractivity contribution in [1.82, 2.24) is 4.98 Å². The first-order valence-corrected chi connectivity index (χ1v) is 5.47. The third-order valence-corrected chi connectivity index (χ3v) is 2.32. The van der Waals surface area contributed by atoms with Gasteiger partial charge in [0.1, 0.15) is 0 Å². The van der Waals surface area contributed by atoms with Crippen molar-refractivity contribution < 1.29 is 9.15 Å². The van der Waals surface area contributed by atoms with E-state index in [1.54, 1.807) is 0 Å². The van der Waals surface area contributed by atoms with E-state index in [-0.39, 0.29) is 6.10 Å². The molecule has 0 radical (unpaired) electrons. The average Bonchev–Trinajstić information content (AvgIpc) is 2.85. The molecule has 0 aliphatic carbocycles. The maximum absolute atomic E-state index is 5.47. The lowest BCUT2D eigenvalue weighted by atomic mass is 10.2. The van der Waals surface area contributed by atoms with Crippen LogP contribution in [-0.2, 0) is 0 Å². The summed E-state index contributed by atoms with van der Waals surface area (Å²) in [7, 11) is 0. The minimum atomic E-state index is -0.260. The van der Waals surface area contributed by atoms with E-state index in [0.29, 0.717) is 11.8 Å². The Balaban J connectivity index is 2.14. The van der Waals surface area contributed by atoms with Gasteiger partial charge in [-0.25, -0.2) is 0 Å². The molecule has 1 aromatic carbocycles. The molecule has 2 rings (SSSR count). The zero-order valence-electron chi connectivity index (χ0n) is 9.59. The zero-order chi connectivity index (χ0) is 12.1. The summed E-state index contributed by atoms with van der Waals surface area (Å²) in [4.78, 5) is 4.23. The van der Waals surface area contributed by atoms with E-state index < -0.39 is 0 Å². The Hall–Kier alpha value is -2.21. The van der Waals surface area contributed by atoms with Crippen LogP contribution in [0, 0.1) is 12.3 Å². The van der Waals surface area contributed by atoms with Crippen molar-refractivity contribution >= 4 is 0 Å². The molecule has 0 saturated carbocycles. The van der Waals surface area contributed by atoms with E-state index in [1.165, 1.54) is 6.26 Å². The molecule has 0 aliphatic rings. The number of nitrogens with zero attached hydrogens (tertiary/aromatic N) is 1. The molecule has 1 aromatic heterocycles. The summed E-state index contributed by atoms with van der Waals surface area (Å²) >= 11 is 0. The van der Waals surface area contributed by atoms with Crippen LogP contribution in [0.15, 0.2) is 41.0 Å². The molecule has 0 bridgehead atoms. The van der Waals surface area contributed by atoms with Crippen molar-refractivity contribution in [2.24, 2.45) is 0 Å². The van der Waals surface area contributed by atoms with Gasteiger partial charge in [0.2, 0.25) is 5.89 Å². The predicted molar refractivity (Wildman–Crippen MR) is 65.5 cm³/mol. The number of oxazole rings is 1. The monoisotopic (exact) mass is 227 g/mol. The Bertz CT molecular complexity index is 511. The van der Waals surface area contributed by atoms with Gasteiger partial charge in [0.15, 0.2) is 12.4 Å². The van der Waals surface area contributed by atoms with E-state index in [1.807, 2.05) is 37.3 Å². The number of aromatic nitrogens is 1. The van der Waals surface area contributed by atoms with Crippen LogP contribution in [0.4, 0.5) is 0 Å². The molecular formula is C14H13NO2. The third-order valence-electron chi connectivity index (χ3n) is 2.32. The lowest BCUT2D eigenvalue weighted by molar-refractivity contribution is 0.244. The second-order valence-electron chi connectivity index (χ2n) is 3.54. The van der Waals surface area contributed by atoms with E-state index in [9.17, 15) is 0 Å². The van der Waals surface area contributed by atoms with Crippen LogP contribution in [0.1, 0.15) is 13.3 Å². The first kappa shape index (κ1) is 11.3. The first-order valence-electron chi connectivity index (χ1n) is 5.47. The van der Waals surface area contributed by atoms with Crippen molar-refractivity contribution in [2.45, 2.75) is 19.4 Å². The molecule has 3 heteroatoms. The quantitative estimate of drug-likeness (QED) is 0.753. The summed E-state index contributed by atoms with van der Waals surface area (Å²) in [5.74, 6) is 3.50. The molecular weight excluding hydrogens is 214 g/mol. The number of hydrogen-bond acceptors (Lipinski definition) is 3. The van der Waals surface area contributed by atoms with Gasteiger partial charge in [0.05, 0.1) is 0 Å². The predicted octanol–water partition coefficient (Wildman–Crippen LogP) is 3.13. The summed E-state index contributed by atoms with van der Waals surface area (Å²) in [6, 6.07) is 9.64. The molecule has 0 spiro atoms. The van der Waals surface area contributed by atoms with Gasteiger partial charge in [-0.15, -0.1) is 6.42 Å². The van der Waals surface area contributed by atoms with Crippen LogP contribution in [-0.4, -0.2) is 11.1 Å². The summed E-state index contributed by atoms with van der Waals surface area (Å²) in [5, 5.41) is 0. The van der Waals surface area contributed by atoms with Gasteiger partial charge >= 0.3 is 0 Å². The first-order chi connectivity index (χ1) is 8.33. The molecule has 1 heterocycles. The molecule has 0 amide bonds. The van der Waals surface area contributed by atoms with Gasteiger partial charge in [0, 0.05) is 5.56 Å². The fourth-order valence-electron chi connectivity index (χ4n) is 1.41. The van der Waals surface area contributed by atoms with Crippen LogP contribution < -0.4 is 4.74 Å². The van der Waals surface area contributed by atoms with Gasteiger partial charge in [-0.2, -0.15) is 4.98 Å². The molecule has 0 fully saturated rings. The summed E-state index contributed by atoms with van der Waals surface area (Å²) < 4.78 is 10.8. The van der Waals surface area contributed by atoms with E-state index in [4.69, 9.17) is 15.6 Å². The van der Waals surface area contributed by atoms with E-state index in [0.717, 1.165) is 12.0 Å². The number of ether oxygens (including phenoxy) is 1. The highest BCUT2D eigenvalue weighted by Crippen LogP contribution is 2.22. The fraction of sp³-hybridized carbons (Fsp3) is 0.214. The molecule has 0 saturated heterocycles. The lowest BCUT2D eigenvalue weighted by Gasteiger charge is -2.06. The molecule has 2 aromatic rings. The number of rotatable bonds is 4. The number of hydrogen-bond donors (Lipinski definition) is 0. The van der Waals surface area contributed by atoms with Gasteiger partial charge in [-0.05, 0) is 18.6 Å². The van der Waals surface area contributed by atoms with Crippen molar-refractivity contribution in [3.63, 3.8) is 0 Å². The highest BCUT2D eigenvalue weighted by atomic mass is 16.5. The van der Waals surface area contributed by atoms with Crippen molar-refractivity contribution in [3.05, 3.63) is 36.6 Å². The van der Waals surface area contributed by atoms with E-state index in [2.05, 4.69) is 10.9 Å². The van der Waals surface area contributed by atoms with Crippen molar-refractivity contribution in [3.8, 4) is 29.7 Å². The minimum Gasteiger partial charge on any atom is -0.459 e. The number of benzene rings is 1. The van der Waals surface area contributed by atoms with Gasteiger partial charge in [-0.3, -0.25) is 0 Å². The zero-order valence-corrected chi connectivity index (χ0v) is 9.59. The molecule has 3 nitrogen and oxygen atoms in total. The average molecular weight is 227 g/mol. The standard InChI is InChI=1S/C14H13NO2/c1-3-12(4-2)17-13-10-16-14(15-13)11-8-6-5-7-9-11/h1,5-10,12H,4H2,2H3. The van der Waals surface area contributed by atoms with Crippen LogP contribution in [0.5, 0.6) is 5.88 Å². The van der Waals surface area contributed by atoms with Crippen LogP contribution >= 0.6 is 0 Å². The second kappa shape index (κ2) is 5.22. The topological polar surface area (TPSA) is 35.3 Å². The SMILES string of the molecule is C#CC(CC)Oc1coc(-c2ccccc2)n1. The Morgan fingerprint density at radius 3 is 2.82 bits per heavy atom. The Morgan fingerprint density at radius 1 is 1.41 bits per heavy atom. The normalized spacial score (nSPS) is 11.8. The molecule has 0 aliphatic heterocycles. The van der Waals surface area contributed by atoms with Gasteiger partial charge in [-0.1, -0.05) is 31.0 Å². The highest BCUT2D eigenvalue weighted by Gasteiger charge is 2.10. The van der Waals surface area contributed by atoms with Crippen molar-refractivity contribution in [1.29, 1.82) is 0 Å². The Morgan fingerprint density at radius 2 is 2.18 bits per heavy atom. The lowest BCUT2D eigenvalue weighted by Crippen LogP contribution is -2.12. The summed E-state index contributed by atoms with van der Waals surface area (Å²) in [6.07, 6.45) is 7.27. The van der Waals surface area contributed by atoms with Gasteiger partial charge in [0.25, 0.3) is 5.88 Å². The summed E-state index contributed by atoms with van der Waals surface area (Å²) in [6.45, 7) is 1.96. The molecule has 86 valence electrons. The van der Waals surface area contributed by atoms with Crippen LogP contribution in [0.3, 0.4) is 0 Å². The Labute approximate surface area is 100 Å². The molecule has 17 heavy (non-hydrogen) atoms. The molecule has 0 N–H and O–H groups in total. The van der Waals surface area contributed by atoms with Crippen molar-refractivity contribution in [2.75, 3.05) is 0 Å². The Kier molecular flexibility index (Phi) is 3.46. The van der Waals surface area contributed by atoms with E-state index >= 15 is 0 Å². The number of terminal acetylenes is 1. The largest absolute Gasteiger partial charge is 0.459 e. The minimum absolute atomic E-state index is 0.260. The maximum Gasteiger partial charge on any atom is 0.254 e. The van der Waals surface area contributed by atoms with Crippen LogP contribution in [0.2, 0.25) is 0 Å². The smallest absolute Gasteiger partial charge is 0.254 e. The second-order valence-corrected chi connectivity index (χ2v) is 3.54. The molecule has 1 atom stereocenters. The fourth-order valence-corrected chi connectivity index (χ4v) is 1.41. The summed E-state index contributed by atoms with van der Waals surface area (Å²) in [5.41, 5.74) is 0.913.